The van der Waals surface area contributed by atoms with Gasteiger partial charge in [-0.05, 0) is 43.2 Å². The van der Waals surface area contributed by atoms with Gasteiger partial charge in [-0.25, -0.2) is 4.39 Å². The number of nitrogens with zero attached hydrogens (tertiary/aromatic N) is 1. The topological polar surface area (TPSA) is 34.1 Å². The minimum absolute atomic E-state index is 0.133. The molecule has 0 amide bonds. The molecule has 100 valence electrons. The van der Waals surface area contributed by atoms with E-state index in [-0.39, 0.29) is 11.9 Å². The molecule has 18 heavy (non-hydrogen) atoms. The summed E-state index contributed by atoms with van der Waals surface area (Å²) in [5.41, 5.74) is 1.31. The lowest BCUT2D eigenvalue weighted by Gasteiger charge is -2.20. The van der Waals surface area contributed by atoms with Crippen molar-refractivity contribution in [1.82, 2.24) is 10.3 Å². The fourth-order valence-corrected chi connectivity index (χ4v) is 2.16. The molecular weight excluding hydrogens is 231 g/mol. The molecule has 1 aromatic rings. The van der Waals surface area contributed by atoms with Crippen molar-refractivity contribution in [1.29, 1.82) is 0 Å². The number of ether oxygens (including phenoxy) is 1. The fourth-order valence-electron chi connectivity index (χ4n) is 2.16. The third kappa shape index (κ3) is 3.50. The lowest BCUT2D eigenvalue weighted by molar-refractivity contribution is 0.170. The van der Waals surface area contributed by atoms with E-state index in [1.807, 2.05) is 6.92 Å². The molecule has 1 aliphatic rings. The van der Waals surface area contributed by atoms with Crippen molar-refractivity contribution in [3.05, 3.63) is 29.8 Å². The van der Waals surface area contributed by atoms with Gasteiger partial charge in [0.1, 0.15) is 5.82 Å². The van der Waals surface area contributed by atoms with Crippen molar-refractivity contribution in [2.45, 2.75) is 32.2 Å². The highest BCUT2D eigenvalue weighted by atomic mass is 19.1. The first kappa shape index (κ1) is 13.4. The summed E-state index contributed by atoms with van der Waals surface area (Å²) >= 11 is 0. The molecule has 0 aromatic carbocycles. The fraction of sp³-hybridized carbons (Fsp3) is 0.643. The average Bonchev–Trinajstić information content (AvgIpc) is 3.14. The second-order valence-corrected chi connectivity index (χ2v) is 5.28. The number of methoxy groups -OCH3 is 1. The predicted octanol–water partition coefficient (Wildman–Crippen LogP) is 2.69. The monoisotopic (exact) mass is 252 g/mol. The van der Waals surface area contributed by atoms with Crippen LogP contribution in [0.4, 0.5) is 4.39 Å². The van der Waals surface area contributed by atoms with Gasteiger partial charge >= 0.3 is 0 Å². The molecule has 1 atom stereocenters. The molecule has 1 aliphatic carbocycles. The Morgan fingerprint density at radius 2 is 2.28 bits per heavy atom. The second kappa shape index (κ2) is 5.76. The zero-order valence-electron chi connectivity index (χ0n) is 11.1. The van der Waals surface area contributed by atoms with Crippen molar-refractivity contribution < 1.29 is 9.13 Å². The van der Waals surface area contributed by atoms with Crippen LogP contribution < -0.4 is 5.32 Å². The van der Waals surface area contributed by atoms with Crippen LogP contribution >= 0.6 is 0 Å². The Hall–Kier alpha value is -1.00. The molecule has 1 saturated carbocycles. The van der Waals surface area contributed by atoms with Gasteiger partial charge in [0.05, 0.1) is 6.20 Å². The molecule has 0 bridgehead atoms. The van der Waals surface area contributed by atoms with E-state index in [0.29, 0.717) is 5.41 Å². The summed E-state index contributed by atoms with van der Waals surface area (Å²) in [6.45, 7) is 3.83. The highest BCUT2D eigenvalue weighted by Gasteiger charge is 2.41. The lowest BCUT2D eigenvalue weighted by Crippen LogP contribution is -2.27. The third-order valence-corrected chi connectivity index (χ3v) is 3.80. The van der Waals surface area contributed by atoms with E-state index in [9.17, 15) is 4.39 Å². The Bertz CT molecular complexity index is 393. The number of nitrogens with one attached hydrogen (secondary N) is 1. The summed E-state index contributed by atoms with van der Waals surface area (Å²) in [6.07, 6.45) is 6.58. The van der Waals surface area contributed by atoms with E-state index >= 15 is 0 Å². The SMILES string of the molecule is COCCC1(CNC(C)c2cncc(F)c2)CC1. The molecule has 0 saturated heterocycles. The van der Waals surface area contributed by atoms with E-state index in [4.69, 9.17) is 4.74 Å². The zero-order valence-corrected chi connectivity index (χ0v) is 11.1. The molecule has 4 heteroatoms. The molecule has 3 nitrogen and oxygen atoms in total. The summed E-state index contributed by atoms with van der Waals surface area (Å²) in [4.78, 5) is 3.88. The van der Waals surface area contributed by atoms with Crippen LogP contribution in [-0.2, 0) is 4.74 Å². The van der Waals surface area contributed by atoms with Gasteiger partial charge in [0.2, 0.25) is 0 Å². The van der Waals surface area contributed by atoms with Gasteiger partial charge in [-0.1, -0.05) is 0 Å². The first-order valence-corrected chi connectivity index (χ1v) is 6.48. The Labute approximate surface area is 108 Å². The Morgan fingerprint density at radius 1 is 1.50 bits per heavy atom. The van der Waals surface area contributed by atoms with Gasteiger partial charge in [-0.2, -0.15) is 0 Å². The van der Waals surface area contributed by atoms with Crippen LogP contribution in [0.3, 0.4) is 0 Å². The van der Waals surface area contributed by atoms with Gasteiger partial charge in [0.15, 0.2) is 0 Å². The number of rotatable bonds is 7. The van der Waals surface area contributed by atoms with Gasteiger partial charge in [0.25, 0.3) is 0 Å². The maximum absolute atomic E-state index is 13.1. The minimum Gasteiger partial charge on any atom is -0.385 e. The highest BCUT2D eigenvalue weighted by Crippen LogP contribution is 2.48. The summed E-state index contributed by atoms with van der Waals surface area (Å²) in [6, 6.07) is 1.67. The highest BCUT2D eigenvalue weighted by molar-refractivity contribution is 5.14. The quantitative estimate of drug-likeness (QED) is 0.810. The largest absolute Gasteiger partial charge is 0.385 e. The van der Waals surface area contributed by atoms with Gasteiger partial charge in [0, 0.05) is 32.5 Å². The van der Waals surface area contributed by atoms with Crippen LogP contribution in [0.2, 0.25) is 0 Å². The normalized spacial score (nSPS) is 18.6. The third-order valence-electron chi connectivity index (χ3n) is 3.80. The molecule has 1 aromatic heterocycles. The summed E-state index contributed by atoms with van der Waals surface area (Å²) in [7, 11) is 1.74. The standard InChI is InChI=1S/C14H21FN2O/c1-11(12-7-13(15)9-16-8-12)17-10-14(3-4-14)5-6-18-2/h7-9,11,17H,3-6,10H2,1-2H3. The Kier molecular flexibility index (Phi) is 4.30. The van der Waals surface area contributed by atoms with Crippen molar-refractivity contribution >= 4 is 0 Å². The van der Waals surface area contributed by atoms with E-state index < -0.39 is 0 Å². The number of pyridine rings is 1. The minimum atomic E-state index is -0.276. The molecule has 1 unspecified atom stereocenters. The van der Waals surface area contributed by atoms with Crippen LogP contribution in [0.5, 0.6) is 0 Å². The van der Waals surface area contributed by atoms with E-state index in [2.05, 4.69) is 10.3 Å². The van der Waals surface area contributed by atoms with E-state index in [1.54, 1.807) is 19.4 Å². The molecule has 0 spiro atoms. The number of hydrogen-bond donors (Lipinski definition) is 1. The molecule has 2 rings (SSSR count). The summed E-state index contributed by atoms with van der Waals surface area (Å²) < 4.78 is 18.2. The molecule has 0 aliphatic heterocycles. The Morgan fingerprint density at radius 3 is 2.89 bits per heavy atom. The number of halogens is 1. The van der Waals surface area contributed by atoms with Crippen LogP contribution in [0.1, 0.15) is 37.8 Å². The van der Waals surface area contributed by atoms with E-state index in [0.717, 1.165) is 25.1 Å². The molecule has 1 fully saturated rings. The van der Waals surface area contributed by atoms with Crippen LogP contribution in [-0.4, -0.2) is 25.2 Å². The second-order valence-electron chi connectivity index (χ2n) is 5.28. The molecule has 1 N–H and O–H groups in total. The first-order valence-electron chi connectivity index (χ1n) is 6.48. The summed E-state index contributed by atoms with van der Waals surface area (Å²) in [5, 5.41) is 3.48. The maximum atomic E-state index is 13.1. The van der Waals surface area contributed by atoms with Gasteiger partial charge in [-0.3, -0.25) is 4.98 Å². The lowest BCUT2D eigenvalue weighted by atomic mass is 10.0. The number of hydrogen-bond acceptors (Lipinski definition) is 3. The zero-order chi connectivity index (χ0) is 13.0. The smallest absolute Gasteiger partial charge is 0.141 e. The molecule has 0 radical (unpaired) electrons. The summed E-state index contributed by atoms with van der Waals surface area (Å²) in [5.74, 6) is -0.276. The van der Waals surface area contributed by atoms with Crippen LogP contribution in [0.15, 0.2) is 18.5 Å². The van der Waals surface area contributed by atoms with Crippen molar-refractivity contribution in [2.24, 2.45) is 5.41 Å². The van der Waals surface area contributed by atoms with Crippen molar-refractivity contribution in [3.63, 3.8) is 0 Å². The van der Waals surface area contributed by atoms with Crippen molar-refractivity contribution in [2.75, 3.05) is 20.3 Å². The van der Waals surface area contributed by atoms with Crippen molar-refractivity contribution in [3.8, 4) is 0 Å². The van der Waals surface area contributed by atoms with Gasteiger partial charge in [-0.15, -0.1) is 0 Å². The van der Waals surface area contributed by atoms with Gasteiger partial charge < -0.3 is 10.1 Å². The van der Waals surface area contributed by atoms with E-state index in [1.165, 1.54) is 19.0 Å². The van der Waals surface area contributed by atoms with Crippen LogP contribution in [0.25, 0.3) is 0 Å². The molecule has 1 heterocycles. The maximum Gasteiger partial charge on any atom is 0.141 e. The molecular formula is C14H21FN2O. The average molecular weight is 252 g/mol. The first-order chi connectivity index (χ1) is 8.65. The predicted molar refractivity (Wildman–Crippen MR) is 68.8 cm³/mol. The number of aromatic nitrogens is 1. The Balaban J connectivity index is 1.83. The van der Waals surface area contributed by atoms with Crippen LogP contribution in [0, 0.1) is 11.2 Å².